The SMILES string of the molecule is CC(C)COC1CC(NCc2ccc(F)c(Cl)c2)C1(C)C. The van der Waals surface area contributed by atoms with Crippen molar-refractivity contribution in [3.05, 3.63) is 34.6 Å². The van der Waals surface area contributed by atoms with E-state index in [1.165, 1.54) is 6.07 Å². The monoisotopic (exact) mass is 313 g/mol. The summed E-state index contributed by atoms with van der Waals surface area (Å²) in [5, 5.41) is 3.71. The van der Waals surface area contributed by atoms with Gasteiger partial charge in [-0.1, -0.05) is 45.4 Å². The summed E-state index contributed by atoms with van der Waals surface area (Å²) in [6, 6.07) is 5.29. The Morgan fingerprint density at radius 1 is 1.43 bits per heavy atom. The number of halogens is 2. The maximum atomic E-state index is 13.1. The fourth-order valence-electron chi connectivity index (χ4n) is 2.71. The number of benzene rings is 1. The molecule has 0 aromatic heterocycles. The second-order valence-corrected chi connectivity index (χ2v) is 7.36. The minimum Gasteiger partial charge on any atom is -0.377 e. The highest BCUT2D eigenvalue weighted by molar-refractivity contribution is 6.30. The average Bonchev–Trinajstić information content (AvgIpc) is 2.40. The molecule has 0 spiro atoms. The average molecular weight is 314 g/mol. The first kappa shape index (κ1) is 16.7. The van der Waals surface area contributed by atoms with Crippen LogP contribution >= 0.6 is 11.6 Å². The van der Waals surface area contributed by atoms with E-state index in [9.17, 15) is 4.39 Å². The zero-order valence-electron chi connectivity index (χ0n) is 13.2. The van der Waals surface area contributed by atoms with E-state index < -0.39 is 0 Å². The molecule has 1 aliphatic carbocycles. The van der Waals surface area contributed by atoms with Crippen LogP contribution in [0.3, 0.4) is 0 Å². The standard InChI is InChI=1S/C17H25ClFNO/c1-11(2)10-21-16-8-15(17(16,3)4)20-9-12-5-6-14(19)13(18)7-12/h5-7,11,15-16,20H,8-10H2,1-4H3. The van der Waals surface area contributed by atoms with Gasteiger partial charge in [0.2, 0.25) is 0 Å². The largest absolute Gasteiger partial charge is 0.377 e. The van der Waals surface area contributed by atoms with Crippen LogP contribution in [0.4, 0.5) is 4.39 Å². The maximum Gasteiger partial charge on any atom is 0.141 e. The highest BCUT2D eigenvalue weighted by Crippen LogP contribution is 2.43. The van der Waals surface area contributed by atoms with Crippen LogP contribution in [-0.4, -0.2) is 18.8 Å². The molecule has 0 aliphatic heterocycles. The van der Waals surface area contributed by atoms with Crippen LogP contribution in [0.2, 0.25) is 5.02 Å². The maximum absolute atomic E-state index is 13.1. The van der Waals surface area contributed by atoms with Gasteiger partial charge in [-0.15, -0.1) is 0 Å². The molecule has 4 heteroatoms. The Labute approximate surface area is 132 Å². The van der Waals surface area contributed by atoms with Crippen LogP contribution in [0, 0.1) is 17.2 Å². The van der Waals surface area contributed by atoms with Crippen LogP contribution in [-0.2, 0) is 11.3 Å². The second-order valence-electron chi connectivity index (χ2n) is 6.95. The summed E-state index contributed by atoms with van der Waals surface area (Å²) in [7, 11) is 0. The number of hydrogen-bond acceptors (Lipinski definition) is 2. The summed E-state index contributed by atoms with van der Waals surface area (Å²) in [5.74, 6) is 0.195. The quantitative estimate of drug-likeness (QED) is 0.840. The number of nitrogens with one attached hydrogen (secondary N) is 1. The molecule has 2 unspecified atom stereocenters. The lowest BCUT2D eigenvalue weighted by Crippen LogP contribution is -2.60. The summed E-state index contributed by atoms with van der Waals surface area (Å²) in [5.41, 5.74) is 1.13. The van der Waals surface area contributed by atoms with Gasteiger partial charge >= 0.3 is 0 Å². The van der Waals surface area contributed by atoms with E-state index in [2.05, 4.69) is 33.0 Å². The Morgan fingerprint density at radius 3 is 2.71 bits per heavy atom. The molecule has 21 heavy (non-hydrogen) atoms. The van der Waals surface area contributed by atoms with E-state index in [-0.39, 0.29) is 16.3 Å². The fraction of sp³-hybridized carbons (Fsp3) is 0.647. The zero-order valence-corrected chi connectivity index (χ0v) is 14.0. The first-order valence-corrected chi connectivity index (χ1v) is 7.97. The molecule has 0 heterocycles. The Morgan fingerprint density at radius 2 is 2.14 bits per heavy atom. The molecule has 0 saturated heterocycles. The van der Waals surface area contributed by atoms with E-state index in [4.69, 9.17) is 16.3 Å². The number of rotatable bonds is 6. The van der Waals surface area contributed by atoms with Crippen molar-refractivity contribution in [1.82, 2.24) is 5.32 Å². The van der Waals surface area contributed by atoms with Crippen LogP contribution < -0.4 is 5.32 Å². The van der Waals surface area contributed by atoms with Gasteiger partial charge in [-0.25, -0.2) is 4.39 Å². The van der Waals surface area contributed by atoms with Gasteiger partial charge in [-0.3, -0.25) is 0 Å². The topological polar surface area (TPSA) is 21.3 Å². The lowest BCUT2D eigenvalue weighted by Gasteiger charge is -2.52. The van der Waals surface area contributed by atoms with Gasteiger partial charge in [-0.2, -0.15) is 0 Å². The second kappa shape index (κ2) is 6.64. The lowest BCUT2D eigenvalue weighted by atomic mass is 9.64. The van der Waals surface area contributed by atoms with E-state index >= 15 is 0 Å². The van der Waals surface area contributed by atoms with Crippen molar-refractivity contribution in [2.75, 3.05) is 6.61 Å². The number of ether oxygens (including phenoxy) is 1. The molecule has 0 amide bonds. The molecular weight excluding hydrogens is 289 g/mol. The van der Waals surface area contributed by atoms with Crippen molar-refractivity contribution >= 4 is 11.6 Å². The molecule has 2 rings (SSSR count). The van der Waals surface area contributed by atoms with E-state index in [1.807, 2.05) is 0 Å². The molecule has 1 aliphatic rings. The summed E-state index contributed by atoms with van der Waals surface area (Å²) in [4.78, 5) is 0. The van der Waals surface area contributed by atoms with E-state index in [0.717, 1.165) is 18.6 Å². The van der Waals surface area contributed by atoms with Gasteiger partial charge in [0.15, 0.2) is 0 Å². The van der Waals surface area contributed by atoms with Crippen molar-refractivity contribution in [3.8, 4) is 0 Å². The van der Waals surface area contributed by atoms with Gasteiger partial charge < -0.3 is 10.1 Å². The Balaban J connectivity index is 1.83. The molecular formula is C17H25ClFNO. The Hall–Kier alpha value is -0.640. The molecule has 118 valence electrons. The Kier molecular flexibility index (Phi) is 5.29. The summed E-state index contributed by atoms with van der Waals surface area (Å²) in [6.45, 7) is 10.3. The minimum atomic E-state index is -0.369. The molecule has 0 bridgehead atoms. The molecule has 1 fully saturated rings. The molecule has 1 saturated carbocycles. The fourth-order valence-corrected chi connectivity index (χ4v) is 2.92. The molecule has 1 N–H and O–H groups in total. The summed E-state index contributed by atoms with van der Waals surface area (Å²) in [6.07, 6.45) is 1.34. The predicted octanol–water partition coefficient (Wildman–Crippen LogP) is 4.41. The van der Waals surface area contributed by atoms with Crippen LogP contribution in [0.15, 0.2) is 18.2 Å². The summed E-state index contributed by atoms with van der Waals surface area (Å²) >= 11 is 5.80. The predicted molar refractivity (Wildman–Crippen MR) is 85.0 cm³/mol. The third-order valence-corrected chi connectivity index (χ3v) is 4.63. The normalized spacial score (nSPS) is 24.1. The number of hydrogen-bond donors (Lipinski definition) is 1. The van der Waals surface area contributed by atoms with Crippen molar-refractivity contribution in [2.24, 2.45) is 11.3 Å². The van der Waals surface area contributed by atoms with Crippen LogP contribution in [0.25, 0.3) is 0 Å². The minimum absolute atomic E-state index is 0.124. The molecule has 1 aromatic rings. The zero-order chi connectivity index (χ0) is 15.6. The highest BCUT2D eigenvalue weighted by atomic mass is 35.5. The third-order valence-electron chi connectivity index (χ3n) is 4.35. The van der Waals surface area contributed by atoms with E-state index in [0.29, 0.717) is 24.6 Å². The van der Waals surface area contributed by atoms with Crippen molar-refractivity contribution < 1.29 is 9.13 Å². The first-order valence-electron chi connectivity index (χ1n) is 7.59. The van der Waals surface area contributed by atoms with Crippen molar-refractivity contribution in [2.45, 2.75) is 52.8 Å². The molecule has 1 aromatic carbocycles. The van der Waals surface area contributed by atoms with Gasteiger partial charge in [0.25, 0.3) is 0 Å². The lowest BCUT2D eigenvalue weighted by molar-refractivity contribution is -0.124. The highest BCUT2D eigenvalue weighted by Gasteiger charge is 2.48. The van der Waals surface area contributed by atoms with Crippen molar-refractivity contribution in [1.29, 1.82) is 0 Å². The molecule has 0 radical (unpaired) electrons. The first-order chi connectivity index (χ1) is 9.80. The van der Waals surface area contributed by atoms with Gasteiger partial charge in [0.1, 0.15) is 5.82 Å². The Bertz CT molecular complexity index is 490. The third kappa shape index (κ3) is 3.97. The summed E-state index contributed by atoms with van der Waals surface area (Å²) < 4.78 is 19.1. The van der Waals surface area contributed by atoms with Crippen LogP contribution in [0.5, 0.6) is 0 Å². The van der Waals surface area contributed by atoms with Gasteiger partial charge in [-0.05, 0) is 30.0 Å². The van der Waals surface area contributed by atoms with E-state index in [1.54, 1.807) is 12.1 Å². The molecule has 2 atom stereocenters. The van der Waals surface area contributed by atoms with Crippen molar-refractivity contribution in [3.63, 3.8) is 0 Å². The van der Waals surface area contributed by atoms with Gasteiger partial charge in [0.05, 0.1) is 11.1 Å². The van der Waals surface area contributed by atoms with Crippen LogP contribution in [0.1, 0.15) is 39.7 Å². The van der Waals surface area contributed by atoms with Gasteiger partial charge in [0, 0.05) is 24.6 Å². The smallest absolute Gasteiger partial charge is 0.141 e. The molecule has 2 nitrogen and oxygen atoms in total.